The molecule has 0 rings (SSSR count). The number of hydrogen-bond donors (Lipinski definition) is 2. The molecule has 0 radical (unpaired) electrons. The van der Waals surface area contributed by atoms with Gasteiger partial charge in [-0.25, -0.2) is 0 Å². The molecule has 0 spiro atoms. The number of aliphatic carboxylic acids is 1. The third-order valence-corrected chi connectivity index (χ3v) is 1.74. The van der Waals surface area contributed by atoms with Gasteiger partial charge in [-0.2, -0.15) is 0 Å². The Bertz CT molecular complexity index is 173. The minimum atomic E-state index is -2.23. The highest BCUT2D eigenvalue weighted by atomic mass is 31.1. The van der Waals surface area contributed by atoms with Crippen LogP contribution in [0.5, 0.6) is 0 Å². The van der Waals surface area contributed by atoms with Crippen LogP contribution in [0.25, 0.3) is 0 Å². The number of nitrogens with two attached hydrogens (primary N) is 1. The molecule has 0 aromatic rings. The summed E-state index contributed by atoms with van der Waals surface area (Å²) in [6.07, 6.45) is 0. The van der Waals surface area contributed by atoms with Gasteiger partial charge < -0.3 is 10.8 Å². The third-order valence-electron chi connectivity index (χ3n) is 0.911. The molecular formula is C5H11NO5P+. The monoisotopic (exact) mass is 196 g/mol. The molecule has 0 saturated carbocycles. The summed E-state index contributed by atoms with van der Waals surface area (Å²) < 4.78 is 19.6. The molecule has 0 aromatic heterocycles. The fraction of sp³-hybridized carbons (Fsp3) is 0.800. The first-order chi connectivity index (χ1) is 5.57. The van der Waals surface area contributed by atoms with Gasteiger partial charge in [0.25, 0.3) is 0 Å². The zero-order valence-corrected chi connectivity index (χ0v) is 7.49. The quantitative estimate of drug-likeness (QED) is 0.585. The fourth-order valence-electron chi connectivity index (χ4n) is 0.355. The van der Waals surface area contributed by atoms with E-state index >= 15 is 0 Å². The number of hydrogen-bond acceptors (Lipinski definition) is 5. The Balaban J connectivity index is 3.54. The number of carboxylic acid groups (broad SMARTS) is 1. The maximum Gasteiger partial charge on any atom is 0.697 e. The van der Waals surface area contributed by atoms with Crippen LogP contribution in [-0.4, -0.2) is 30.3 Å². The summed E-state index contributed by atoms with van der Waals surface area (Å²) in [6, 6.07) is -1.16. The number of carbonyl (C=O) groups is 1. The van der Waals surface area contributed by atoms with Gasteiger partial charge in [-0.1, -0.05) is 0 Å². The molecule has 1 unspecified atom stereocenters. The van der Waals surface area contributed by atoms with E-state index in [9.17, 15) is 9.36 Å². The summed E-state index contributed by atoms with van der Waals surface area (Å²) >= 11 is 0. The summed E-state index contributed by atoms with van der Waals surface area (Å²) in [7, 11) is -2.23. The van der Waals surface area contributed by atoms with Crippen LogP contribution >= 0.6 is 8.25 Å². The van der Waals surface area contributed by atoms with Gasteiger partial charge >= 0.3 is 14.2 Å². The van der Waals surface area contributed by atoms with Crippen LogP contribution in [0.2, 0.25) is 0 Å². The molecular weight excluding hydrogens is 185 g/mol. The van der Waals surface area contributed by atoms with Gasteiger partial charge in [0.1, 0.15) is 19.3 Å². The van der Waals surface area contributed by atoms with Crippen molar-refractivity contribution < 1.29 is 23.5 Å². The molecule has 70 valence electrons. The predicted molar refractivity (Wildman–Crippen MR) is 40.8 cm³/mol. The van der Waals surface area contributed by atoms with Crippen LogP contribution in [0.1, 0.15) is 6.92 Å². The lowest BCUT2D eigenvalue weighted by molar-refractivity contribution is -0.139. The second-order valence-corrected chi connectivity index (χ2v) is 2.85. The average molecular weight is 196 g/mol. The number of carboxylic acids is 1. The Hall–Kier alpha value is -0.550. The molecule has 0 aliphatic heterocycles. The molecule has 0 saturated heterocycles. The van der Waals surface area contributed by atoms with Crippen molar-refractivity contribution in [2.24, 2.45) is 5.73 Å². The molecule has 12 heavy (non-hydrogen) atoms. The van der Waals surface area contributed by atoms with Crippen LogP contribution in [-0.2, 0) is 18.4 Å². The molecule has 0 bridgehead atoms. The largest absolute Gasteiger partial charge is 0.697 e. The van der Waals surface area contributed by atoms with Gasteiger partial charge in [0, 0.05) is 4.57 Å². The van der Waals surface area contributed by atoms with Crippen LogP contribution in [0.15, 0.2) is 0 Å². The van der Waals surface area contributed by atoms with Crippen molar-refractivity contribution in [1.82, 2.24) is 0 Å². The second-order valence-electron chi connectivity index (χ2n) is 1.88. The number of rotatable bonds is 6. The summed E-state index contributed by atoms with van der Waals surface area (Å²) in [6.45, 7) is 1.58. The molecule has 0 aliphatic carbocycles. The molecule has 3 N–H and O–H groups in total. The van der Waals surface area contributed by atoms with Crippen LogP contribution < -0.4 is 5.73 Å². The molecule has 0 amide bonds. The zero-order valence-electron chi connectivity index (χ0n) is 6.60. The Morgan fingerprint density at radius 3 is 2.67 bits per heavy atom. The second kappa shape index (κ2) is 6.02. The molecule has 0 heterocycles. The minimum Gasteiger partial charge on any atom is -0.480 e. The van der Waals surface area contributed by atoms with E-state index in [4.69, 9.17) is 10.8 Å². The molecule has 6 nitrogen and oxygen atoms in total. The Morgan fingerprint density at radius 1 is 1.67 bits per heavy atom. The summed E-state index contributed by atoms with van der Waals surface area (Å²) in [5, 5.41) is 8.28. The average Bonchev–Trinajstić information content (AvgIpc) is 2.00. The molecule has 7 heteroatoms. The summed E-state index contributed by atoms with van der Waals surface area (Å²) in [5.74, 6) is -1.20. The Labute approximate surface area is 70.6 Å². The van der Waals surface area contributed by atoms with Crippen molar-refractivity contribution in [1.29, 1.82) is 0 Å². The van der Waals surface area contributed by atoms with E-state index < -0.39 is 20.3 Å². The van der Waals surface area contributed by atoms with E-state index in [0.29, 0.717) is 0 Å². The van der Waals surface area contributed by atoms with Crippen molar-refractivity contribution in [3.63, 3.8) is 0 Å². The van der Waals surface area contributed by atoms with E-state index in [2.05, 4.69) is 9.05 Å². The van der Waals surface area contributed by atoms with Crippen molar-refractivity contribution in [2.45, 2.75) is 13.0 Å². The van der Waals surface area contributed by atoms with Gasteiger partial charge in [0.05, 0.1) is 0 Å². The maximum atomic E-state index is 10.6. The van der Waals surface area contributed by atoms with Crippen molar-refractivity contribution in [3.8, 4) is 0 Å². The van der Waals surface area contributed by atoms with E-state index in [1.807, 2.05) is 0 Å². The van der Waals surface area contributed by atoms with Crippen LogP contribution in [0.3, 0.4) is 0 Å². The first kappa shape index (κ1) is 11.4. The Morgan fingerprint density at radius 2 is 2.25 bits per heavy atom. The first-order valence-corrected chi connectivity index (χ1v) is 4.39. The molecule has 0 aliphatic rings. The fourth-order valence-corrected chi connectivity index (χ4v) is 0.923. The van der Waals surface area contributed by atoms with Crippen LogP contribution in [0.4, 0.5) is 0 Å². The van der Waals surface area contributed by atoms with E-state index in [1.165, 1.54) is 0 Å². The van der Waals surface area contributed by atoms with Gasteiger partial charge in [0.15, 0.2) is 0 Å². The van der Waals surface area contributed by atoms with Gasteiger partial charge in [-0.15, -0.1) is 9.05 Å². The molecule has 0 aromatic carbocycles. The normalized spacial score (nSPS) is 14.0. The van der Waals surface area contributed by atoms with E-state index in [1.54, 1.807) is 6.92 Å². The van der Waals surface area contributed by atoms with Gasteiger partial charge in [-0.05, 0) is 6.92 Å². The SMILES string of the molecule is CCO[P+](=O)OC[C@H](N)C(=O)O. The lowest BCUT2D eigenvalue weighted by Gasteiger charge is -1.98. The maximum absolute atomic E-state index is 10.6. The highest BCUT2D eigenvalue weighted by molar-refractivity contribution is 7.33. The Kier molecular flexibility index (Phi) is 5.74. The summed E-state index contributed by atoms with van der Waals surface area (Å²) in [4.78, 5) is 10.1. The van der Waals surface area contributed by atoms with Crippen molar-refractivity contribution in [3.05, 3.63) is 0 Å². The lowest BCUT2D eigenvalue weighted by atomic mass is 10.3. The first-order valence-electron chi connectivity index (χ1n) is 3.29. The standard InChI is InChI=1S/C5H10NO5P/c1-2-10-12(9)11-3-4(6)5(7)8/h4H,2-3,6H2,1H3/p+1/t4-/m0/s1. The predicted octanol–water partition coefficient (Wildman–Crippen LogP) is 0.109. The van der Waals surface area contributed by atoms with E-state index in [0.717, 1.165) is 0 Å². The topological polar surface area (TPSA) is 98.9 Å². The van der Waals surface area contributed by atoms with Crippen molar-refractivity contribution in [2.75, 3.05) is 13.2 Å². The van der Waals surface area contributed by atoms with E-state index in [-0.39, 0.29) is 13.2 Å². The lowest BCUT2D eigenvalue weighted by Crippen LogP contribution is -2.34. The van der Waals surface area contributed by atoms with Crippen molar-refractivity contribution >= 4 is 14.2 Å². The van der Waals surface area contributed by atoms with Gasteiger partial charge in [-0.3, -0.25) is 4.79 Å². The highest BCUT2D eigenvalue weighted by Gasteiger charge is 2.23. The zero-order chi connectivity index (χ0) is 9.56. The van der Waals surface area contributed by atoms with Gasteiger partial charge in [0.2, 0.25) is 0 Å². The minimum absolute atomic E-state index is 0.248. The highest BCUT2D eigenvalue weighted by Crippen LogP contribution is 2.22. The smallest absolute Gasteiger partial charge is 0.480 e. The third kappa shape index (κ3) is 5.15. The molecule has 0 fully saturated rings. The van der Waals surface area contributed by atoms with Crippen LogP contribution in [0, 0.1) is 0 Å². The molecule has 2 atom stereocenters. The summed E-state index contributed by atoms with van der Waals surface area (Å²) in [5.41, 5.74) is 5.05.